The second-order valence-electron chi connectivity index (χ2n) is 5.44. The van der Waals surface area contributed by atoms with Gasteiger partial charge in [0.25, 0.3) is 0 Å². The first-order chi connectivity index (χ1) is 9.52. The van der Waals surface area contributed by atoms with Crippen molar-refractivity contribution in [2.24, 2.45) is 5.41 Å². The van der Waals surface area contributed by atoms with E-state index in [1.807, 2.05) is 30.5 Å². The van der Waals surface area contributed by atoms with Crippen molar-refractivity contribution in [2.45, 2.75) is 25.7 Å². The van der Waals surface area contributed by atoms with Crippen LogP contribution < -0.4 is 0 Å². The zero-order chi connectivity index (χ0) is 14.3. The molecule has 1 atom stereocenters. The number of hydrogen-bond donors (Lipinski definition) is 2. The molecule has 2 aromatic heterocycles. The molecule has 0 radical (unpaired) electrons. The zero-order valence-corrected chi connectivity index (χ0v) is 10.9. The molecule has 1 aliphatic rings. The van der Waals surface area contributed by atoms with Crippen LogP contribution in [0.1, 0.15) is 24.1 Å². The standard InChI is InChI=1S/C15H15NO4/c17-13(18)9-15(14(19)20)5-4-12-10(8-15)7-11-3-1-2-6-16(11)12/h1-3,6-7H,4-5,8-9H2,(H,17,18)(H,19,20). The molecule has 5 heteroatoms. The van der Waals surface area contributed by atoms with E-state index >= 15 is 0 Å². The molecule has 0 aliphatic heterocycles. The summed E-state index contributed by atoms with van der Waals surface area (Å²) in [6, 6.07) is 7.80. The molecule has 5 nitrogen and oxygen atoms in total. The van der Waals surface area contributed by atoms with Crippen molar-refractivity contribution in [3.8, 4) is 0 Å². The van der Waals surface area contributed by atoms with Gasteiger partial charge < -0.3 is 14.6 Å². The molecule has 0 fully saturated rings. The van der Waals surface area contributed by atoms with Crippen molar-refractivity contribution >= 4 is 17.5 Å². The number of carboxylic acids is 2. The van der Waals surface area contributed by atoms with E-state index in [-0.39, 0.29) is 12.8 Å². The second-order valence-corrected chi connectivity index (χ2v) is 5.44. The smallest absolute Gasteiger partial charge is 0.310 e. The van der Waals surface area contributed by atoms with Crippen LogP contribution in [-0.4, -0.2) is 26.6 Å². The molecule has 1 aliphatic carbocycles. The summed E-state index contributed by atoms with van der Waals surface area (Å²) in [6.07, 6.45) is 2.87. The molecule has 2 N–H and O–H groups in total. The van der Waals surface area contributed by atoms with Crippen molar-refractivity contribution in [2.75, 3.05) is 0 Å². The molecular formula is C15H15NO4. The highest BCUT2D eigenvalue weighted by Gasteiger charge is 2.44. The van der Waals surface area contributed by atoms with Crippen molar-refractivity contribution < 1.29 is 19.8 Å². The van der Waals surface area contributed by atoms with Crippen LogP contribution >= 0.6 is 0 Å². The van der Waals surface area contributed by atoms with Crippen molar-refractivity contribution in [1.29, 1.82) is 0 Å². The van der Waals surface area contributed by atoms with Gasteiger partial charge in [0.05, 0.1) is 11.8 Å². The molecule has 3 rings (SSSR count). The first kappa shape index (κ1) is 12.7. The number of aryl methyl sites for hydroxylation is 1. The van der Waals surface area contributed by atoms with Gasteiger partial charge in [0.2, 0.25) is 0 Å². The number of hydrogen-bond acceptors (Lipinski definition) is 2. The normalized spacial score (nSPS) is 21.6. The molecule has 0 saturated carbocycles. The van der Waals surface area contributed by atoms with E-state index in [0.29, 0.717) is 12.8 Å². The summed E-state index contributed by atoms with van der Waals surface area (Å²) in [5.74, 6) is -2.07. The first-order valence-corrected chi connectivity index (χ1v) is 6.55. The monoisotopic (exact) mass is 273 g/mol. The molecule has 20 heavy (non-hydrogen) atoms. The van der Waals surface area contributed by atoms with Gasteiger partial charge in [-0.15, -0.1) is 0 Å². The van der Waals surface area contributed by atoms with E-state index in [4.69, 9.17) is 5.11 Å². The van der Waals surface area contributed by atoms with Gasteiger partial charge in [0, 0.05) is 17.4 Å². The Morgan fingerprint density at radius 3 is 2.80 bits per heavy atom. The molecule has 0 spiro atoms. The Hall–Kier alpha value is -2.30. The van der Waals surface area contributed by atoms with Gasteiger partial charge >= 0.3 is 11.9 Å². The third-order valence-electron chi connectivity index (χ3n) is 4.19. The Kier molecular flexibility index (Phi) is 2.78. The maximum Gasteiger partial charge on any atom is 0.310 e. The summed E-state index contributed by atoms with van der Waals surface area (Å²) in [4.78, 5) is 22.6. The molecule has 0 bridgehead atoms. The summed E-state index contributed by atoms with van der Waals surface area (Å²) in [7, 11) is 0. The largest absolute Gasteiger partial charge is 0.481 e. The fraction of sp³-hybridized carbons (Fsp3) is 0.333. The van der Waals surface area contributed by atoms with Crippen LogP contribution in [0.4, 0.5) is 0 Å². The predicted molar refractivity (Wildman–Crippen MR) is 71.7 cm³/mol. The number of pyridine rings is 1. The third kappa shape index (κ3) is 1.86. The quantitative estimate of drug-likeness (QED) is 0.896. The fourth-order valence-corrected chi connectivity index (χ4v) is 3.18. The third-order valence-corrected chi connectivity index (χ3v) is 4.19. The Labute approximate surface area is 115 Å². The summed E-state index contributed by atoms with van der Waals surface area (Å²) in [5.41, 5.74) is 1.90. The topological polar surface area (TPSA) is 79.0 Å². The van der Waals surface area contributed by atoms with Crippen molar-refractivity contribution in [1.82, 2.24) is 4.40 Å². The number of carbonyl (C=O) groups is 2. The fourth-order valence-electron chi connectivity index (χ4n) is 3.18. The Morgan fingerprint density at radius 1 is 1.30 bits per heavy atom. The molecular weight excluding hydrogens is 258 g/mol. The van der Waals surface area contributed by atoms with Gasteiger partial charge in [0.1, 0.15) is 0 Å². The summed E-state index contributed by atoms with van der Waals surface area (Å²) in [6.45, 7) is 0. The Morgan fingerprint density at radius 2 is 2.10 bits per heavy atom. The average molecular weight is 273 g/mol. The van der Waals surface area contributed by atoms with E-state index in [1.54, 1.807) is 0 Å². The molecule has 2 aromatic rings. The molecule has 1 unspecified atom stereocenters. The zero-order valence-electron chi connectivity index (χ0n) is 10.9. The van der Waals surface area contributed by atoms with Crippen molar-refractivity contribution in [3.05, 3.63) is 41.7 Å². The van der Waals surface area contributed by atoms with Crippen LogP contribution in [0.3, 0.4) is 0 Å². The van der Waals surface area contributed by atoms with E-state index in [2.05, 4.69) is 4.40 Å². The molecule has 2 heterocycles. The van der Waals surface area contributed by atoms with Crippen LogP contribution in [0.2, 0.25) is 0 Å². The summed E-state index contributed by atoms with van der Waals surface area (Å²) in [5, 5.41) is 18.5. The maximum atomic E-state index is 11.6. The minimum atomic E-state index is -1.18. The van der Waals surface area contributed by atoms with Gasteiger partial charge in [-0.1, -0.05) is 6.07 Å². The second kappa shape index (κ2) is 4.37. The van der Waals surface area contributed by atoms with Gasteiger partial charge in [-0.25, -0.2) is 0 Å². The van der Waals surface area contributed by atoms with Gasteiger partial charge in [-0.05, 0) is 43.0 Å². The molecule has 0 amide bonds. The number of aromatic nitrogens is 1. The van der Waals surface area contributed by atoms with E-state index in [9.17, 15) is 14.7 Å². The number of carboxylic acid groups (broad SMARTS) is 2. The Bertz CT molecular complexity index is 703. The number of fused-ring (bicyclic) bond motifs is 3. The summed E-state index contributed by atoms with van der Waals surface area (Å²) >= 11 is 0. The van der Waals surface area contributed by atoms with Crippen LogP contribution in [-0.2, 0) is 22.4 Å². The molecule has 0 aromatic carbocycles. The minimum Gasteiger partial charge on any atom is -0.481 e. The van der Waals surface area contributed by atoms with Gasteiger partial charge in [0.15, 0.2) is 0 Å². The van der Waals surface area contributed by atoms with E-state index in [1.165, 1.54) is 0 Å². The van der Waals surface area contributed by atoms with Crippen LogP contribution in [0.25, 0.3) is 5.52 Å². The van der Waals surface area contributed by atoms with Crippen molar-refractivity contribution in [3.63, 3.8) is 0 Å². The average Bonchev–Trinajstić information content (AvgIpc) is 2.74. The van der Waals surface area contributed by atoms with Gasteiger partial charge in [-0.3, -0.25) is 9.59 Å². The van der Waals surface area contributed by atoms with Crippen LogP contribution in [0, 0.1) is 5.41 Å². The number of nitrogens with zero attached hydrogens (tertiary/aromatic N) is 1. The van der Waals surface area contributed by atoms with E-state index in [0.717, 1.165) is 16.8 Å². The minimum absolute atomic E-state index is 0.283. The lowest BCUT2D eigenvalue weighted by Crippen LogP contribution is -2.39. The Balaban J connectivity index is 2.06. The highest BCUT2D eigenvalue weighted by atomic mass is 16.4. The summed E-state index contributed by atoms with van der Waals surface area (Å²) < 4.78 is 2.06. The first-order valence-electron chi connectivity index (χ1n) is 6.55. The SMILES string of the molecule is O=C(O)CC1(C(=O)O)CCc2c(cc3ccccn23)C1. The number of aliphatic carboxylic acids is 2. The highest BCUT2D eigenvalue weighted by molar-refractivity contribution is 5.82. The predicted octanol–water partition coefficient (Wildman–Crippen LogP) is 1.97. The van der Waals surface area contributed by atoms with Crippen LogP contribution in [0.15, 0.2) is 30.5 Å². The number of rotatable bonds is 3. The molecule has 0 saturated heterocycles. The lowest BCUT2D eigenvalue weighted by molar-refractivity contribution is -0.156. The van der Waals surface area contributed by atoms with Crippen LogP contribution in [0.5, 0.6) is 0 Å². The highest BCUT2D eigenvalue weighted by Crippen LogP contribution is 2.40. The van der Waals surface area contributed by atoms with Gasteiger partial charge in [-0.2, -0.15) is 0 Å². The molecule has 104 valence electrons. The lowest BCUT2D eigenvalue weighted by Gasteiger charge is -2.32. The maximum absolute atomic E-state index is 11.6. The lowest BCUT2D eigenvalue weighted by atomic mass is 9.71. The van der Waals surface area contributed by atoms with E-state index < -0.39 is 17.4 Å².